The van der Waals surface area contributed by atoms with Gasteiger partial charge in [-0.25, -0.2) is 4.39 Å². The molecule has 1 amide bonds. The highest BCUT2D eigenvalue weighted by molar-refractivity contribution is 9.10. The molecule has 1 heterocycles. The Kier molecular flexibility index (Phi) is 3.76. The molecule has 0 unspecified atom stereocenters. The second kappa shape index (κ2) is 5.30. The van der Waals surface area contributed by atoms with Gasteiger partial charge in [-0.2, -0.15) is 5.10 Å². The Labute approximate surface area is 112 Å². The molecular weight excluding hydrogens is 301 g/mol. The van der Waals surface area contributed by atoms with Crippen molar-refractivity contribution in [2.75, 3.05) is 0 Å². The molecule has 0 aliphatic carbocycles. The van der Waals surface area contributed by atoms with Crippen molar-refractivity contribution in [3.05, 3.63) is 52.0 Å². The van der Waals surface area contributed by atoms with Gasteiger partial charge in [0.2, 0.25) is 0 Å². The van der Waals surface area contributed by atoms with Crippen LogP contribution in [0.5, 0.6) is 0 Å². The van der Waals surface area contributed by atoms with Gasteiger partial charge < -0.3 is 5.32 Å². The third kappa shape index (κ3) is 2.59. The number of aryl methyl sites for hydroxylation is 1. The van der Waals surface area contributed by atoms with Gasteiger partial charge in [0.05, 0.1) is 22.3 Å². The maximum atomic E-state index is 13.3. The second-order valence-electron chi connectivity index (χ2n) is 3.73. The van der Waals surface area contributed by atoms with E-state index < -0.39 is 5.82 Å². The third-order valence-electron chi connectivity index (χ3n) is 2.55. The quantitative estimate of drug-likeness (QED) is 0.945. The number of nitrogens with zero attached hydrogens (tertiary/aromatic N) is 2. The highest BCUT2D eigenvalue weighted by Crippen LogP contribution is 2.20. The Balaban J connectivity index is 2.09. The standard InChI is InChI=1S/C12H11BrFN3O/c1-17-8(5-6-16-17)7-15-12(18)9-3-2-4-10(14)11(9)13/h2-6H,7H2,1H3,(H,15,18). The summed E-state index contributed by atoms with van der Waals surface area (Å²) in [6.45, 7) is 0.346. The average molecular weight is 312 g/mol. The first-order valence-corrected chi connectivity index (χ1v) is 6.08. The van der Waals surface area contributed by atoms with Crippen LogP contribution in [0.2, 0.25) is 0 Å². The van der Waals surface area contributed by atoms with E-state index >= 15 is 0 Å². The van der Waals surface area contributed by atoms with Crippen molar-refractivity contribution >= 4 is 21.8 Å². The zero-order valence-corrected chi connectivity index (χ0v) is 11.2. The minimum absolute atomic E-state index is 0.174. The normalized spacial score (nSPS) is 10.4. The lowest BCUT2D eigenvalue weighted by atomic mass is 10.2. The molecule has 0 fully saturated rings. The number of benzene rings is 1. The van der Waals surface area contributed by atoms with Crippen LogP contribution in [0.25, 0.3) is 0 Å². The van der Waals surface area contributed by atoms with Crippen LogP contribution in [-0.4, -0.2) is 15.7 Å². The summed E-state index contributed by atoms with van der Waals surface area (Å²) in [6.07, 6.45) is 1.65. The molecule has 94 valence electrons. The number of amides is 1. The third-order valence-corrected chi connectivity index (χ3v) is 3.35. The van der Waals surface area contributed by atoms with Gasteiger partial charge in [-0.05, 0) is 34.1 Å². The molecule has 18 heavy (non-hydrogen) atoms. The summed E-state index contributed by atoms with van der Waals surface area (Å²) in [7, 11) is 1.79. The second-order valence-corrected chi connectivity index (χ2v) is 4.52. The summed E-state index contributed by atoms with van der Waals surface area (Å²) in [5, 5.41) is 6.71. The molecule has 6 heteroatoms. The number of halogens is 2. The van der Waals surface area contributed by atoms with Crippen molar-refractivity contribution in [3.63, 3.8) is 0 Å². The van der Waals surface area contributed by atoms with Crippen LogP contribution < -0.4 is 5.32 Å². The summed E-state index contributed by atoms with van der Waals surface area (Å²) in [5.74, 6) is -0.786. The lowest BCUT2D eigenvalue weighted by Crippen LogP contribution is -2.24. The zero-order chi connectivity index (χ0) is 13.1. The highest BCUT2D eigenvalue weighted by Gasteiger charge is 2.13. The van der Waals surface area contributed by atoms with Crippen LogP contribution in [0, 0.1) is 5.82 Å². The Hall–Kier alpha value is -1.69. The van der Waals surface area contributed by atoms with Crippen molar-refractivity contribution < 1.29 is 9.18 Å². The fraction of sp³-hybridized carbons (Fsp3) is 0.167. The Bertz CT molecular complexity index is 582. The van der Waals surface area contributed by atoms with Crippen molar-refractivity contribution in [3.8, 4) is 0 Å². The summed E-state index contributed by atoms with van der Waals surface area (Å²) >= 11 is 3.06. The number of hydrogen-bond donors (Lipinski definition) is 1. The predicted octanol–water partition coefficient (Wildman–Crippen LogP) is 2.25. The number of rotatable bonds is 3. The van der Waals surface area contributed by atoms with Crippen molar-refractivity contribution in [2.24, 2.45) is 7.05 Å². The maximum absolute atomic E-state index is 13.3. The van der Waals surface area contributed by atoms with Crippen LogP contribution in [0.15, 0.2) is 34.9 Å². The Morgan fingerprint density at radius 2 is 2.28 bits per heavy atom. The van der Waals surface area contributed by atoms with E-state index in [1.807, 2.05) is 0 Å². The van der Waals surface area contributed by atoms with E-state index in [2.05, 4.69) is 26.3 Å². The van der Waals surface area contributed by atoms with E-state index in [9.17, 15) is 9.18 Å². The Morgan fingerprint density at radius 1 is 1.50 bits per heavy atom. The first-order chi connectivity index (χ1) is 8.59. The fourth-order valence-electron chi connectivity index (χ4n) is 1.52. The molecule has 0 aliphatic rings. The lowest BCUT2D eigenvalue weighted by Gasteiger charge is -2.07. The lowest BCUT2D eigenvalue weighted by molar-refractivity contribution is 0.0948. The van der Waals surface area contributed by atoms with E-state index in [-0.39, 0.29) is 15.9 Å². The summed E-state index contributed by atoms with van der Waals surface area (Å²) in [4.78, 5) is 11.9. The van der Waals surface area contributed by atoms with Crippen molar-refractivity contribution in [2.45, 2.75) is 6.54 Å². The van der Waals surface area contributed by atoms with Gasteiger partial charge in [-0.1, -0.05) is 6.07 Å². The molecule has 2 aromatic rings. The van der Waals surface area contributed by atoms with Gasteiger partial charge in [-0.3, -0.25) is 9.48 Å². The van der Waals surface area contributed by atoms with Crippen molar-refractivity contribution in [1.29, 1.82) is 0 Å². The molecule has 0 spiro atoms. The molecule has 1 aromatic heterocycles. The minimum atomic E-state index is -0.455. The van der Waals surface area contributed by atoms with E-state index in [1.165, 1.54) is 12.1 Å². The van der Waals surface area contributed by atoms with E-state index in [1.54, 1.807) is 30.1 Å². The summed E-state index contributed by atoms with van der Waals surface area (Å²) < 4.78 is 15.1. The molecule has 1 aromatic carbocycles. The number of nitrogens with one attached hydrogen (secondary N) is 1. The molecule has 0 saturated heterocycles. The SMILES string of the molecule is Cn1nccc1CNC(=O)c1cccc(F)c1Br. The molecule has 0 saturated carbocycles. The van der Waals surface area contributed by atoms with Gasteiger partial charge in [0.15, 0.2) is 0 Å². The number of aromatic nitrogens is 2. The van der Waals surface area contributed by atoms with Gasteiger partial charge in [-0.15, -0.1) is 0 Å². The van der Waals surface area contributed by atoms with Crippen LogP contribution in [0.4, 0.5) is 4.39 Å². The molecular formula is C12H11BrFN3O. The molecule has 0 radical (unpaired) electrons. The fourth-order valence-corrected chi connectivity index (χ4v) is 1.96. The molecule has 0 atom stereocenters. The molecule has 1 N–H and O–H groups in total. The van der Waals surface area contributed by atoms with E-state index in [0.717, 1.165) is 5.69 Å². The smallest absolute Gasteiger partial charge is 0.252 e. The first-order valence-electron chi connectivity index (χ1n) is 5.28. The highest BCUT2D eigenvalue weighted by atomic mass is 79.9. The summed E-state index contributed by atoms with van der Waals surface area (Å²) in [5.41, 5.74) is 1.15. The molecule has 2 rings (SSSR count). The molecule has 4 nitrogen and oxygen atoms in total. The average Bonchev–Trinajstić information content (AvgIpc) is 2.75. The maximum Gasteiger partial charge on any atom is 0.252 e. The van der Waals surface area contributed by atoms with E-state index in [0.29, 0.717) is 6.54 Å². The topological polar surface area (TPSA) is 46.9 Å². The summed E-state index contributed by atoms with van der Waals surface area (Å²) in [6, 6.07) is 6.16. The van der Waals surface area contributed by atoms with E-state index in [4.69, 9.17) is 0 Å². The van der Waals surface area contributed by atoms with Gasteiger partial charge in [0.25, 0.3) is 5.91 Å². The van der Waals surface area contributed by atoms with Gasteiger partial charge in [0.1, 0.15) is 5.82 Å². The van der Waals surface area contributed by atoms with Crippen LogP contribution in [0.3, 0.4) is 0 Å². The van der Waals surface area contributed by atoms with Crippen LogP contribution >= 0.6 is 15.9 Å². The minimum Gasteiger partial charge on any atom is -0.346 e. The van der Waals surface area contributed by atoms with Crippen molar-refractivity contribution in [1.82, 2.24) is 15.1 Å². The molecule has 0 aliphatic heterocycles. The number of carbonyl (C=O) groups excluding carboxylic acids is 1. The monoisotopic (exact) mass is 311 g/mol. The predicted molar refractivity (Wildman–Crippen MR) is 68.5 cm³/mol. The Morgan fingerprint density at radius 3 is 2.94 bits per heavy atom. The largest absolute Gasteiger partial charge is 0.346 e. The van der Waals surface area contributed by atoms with Gasteiger partial charge >= 0.3 is 0 Å². The molecule has 0 bridgehead atoms. The van der Waals surface area contributed by atoms with Crippen LogP contribution in [-0.2, 0) is 13.6 Å². The number of hydrogen-bond acceptors (Lipinski definition) is 2. The first kappa shape index (κ1) is 12.8. The van der Waals surface area contributed by atoms with Gasteiger partial charge in [0, 0.05) is 13.2 Å². The number of carbonyl (C=O) groups is 1. The zero-order valence-electron chi connectivity index (χ0n) is 9.65. The van der Waals surface area contributed by atoms with Crippen LogP contribution in [0.1, 0.15) is 16.1 Å².